The van der Waals surface area contributed by atoms with Crippen LogP contribution in [-0.4, -0.2) is 13.6 Å². The lowest BCUT2D eigenvalue weighted by Crippen LogP contribution is -2.03. The molecule has 1 aromatic carbocycles. The fourth-order valence-electron chi connectivity index (χ4n) is 0.990. The van der Waals surface area contributed by atoms with Gasteiger partial charge in [0.2, 0.25) is 0 Å². The number of hydrogen-bond acceptors (Lipinski definition) is 1. The van der Waals surface area contributed by atoms with Crippen LogP contribution in [0.3, 0.4) is 0 Å². The van der Waals surface area contributed by atoms with Crippen LogP contribution in [0.2, 0.25) is 15.1 Å². The van der Waals surface area contributed by atoms with Crippen molar-refractivity contribution in [1.82, 2.24) is 5.32 Å². The Morgan fingerprint density at radius 2 is 1.86 bits per heavy atom. The van der Waals surface area contributed by atoms with Crippen LogP contribution in [0.5, 0.6) is 0 Å². The maximum absolute atomic E-state index is 5.99. The van der Waals surface area contributed by atoms with Gasteiger partial charge in [0.05, 0.1) is 10.0 Å². The molecule has 0 aliphatic rings. The van der Waals surface area contributed by atoms with E-state index in [0.29, 0.717) is 15.1 Å². The summed E-state index contributed by atoms with van der Waals surface area (Å²) in [5.74, 6) is 0. The molecular formula is C10H10Cl3N. The average molecular weight is 251 g/mol. The van der Waals surface area contributed by atoms with E-state index in [2.05, 4.69) is 5.32 Å². The van der Waals surface area contributed by atoms with Crippen molar-refractivity contribution in [3.63, 3.8) is 0 Å². The lowest BCUT2D eigenvalue weighted by Gasteiger charge is -2.03. The van der Waals surface area contributed by atoms with E-state index in [4.69, 9.17) is 34.8 Å². The summed E-state index contributed by atoms with van der Waals surface area (Å²) in [6.45, 7) is 0.763. The van der Waals surface area contributed by atoms with Crippen LogP contribution >= 0.6 is 34.8 Å². The van der Waals surface area contributed by atoms with Crippen molar-refractivity contribution in [2.24, 2.45) is 0 Å². The number of benzene rings is 1. The molecule has 4 heteroatoms. The van der Waals surface area contributed by atoms with Crippen molar-refractivity contribution in [3.05, 3.63) is 38.8 Å². The van der Waals surface area contributed by atoms with Crippen LogP contribution in [-0.2, 0) is 0 Å². The van der Waals surface area contributed by atoms with E-state index in [1.807, 2.05) is 19.2 Å². The fraction of sp³-hybridized carbons (Fsp3) is 0.200. The van der Waals surface area contributed by atoms with Gasteiger partial charge in [0.25, 0.3) is 0 Å². The molecule has 0 saturated carbocycles. The Morgan fingerprint density at radius 3 is 2.50 bits per heavy atom. The van der Waals surface area contributed by atoms with Crippen LogP contribution < -0.4 is 5.32 Å². The molecule has 1 N–H and O–H groups in total. The van der Waals surface area contributed by atoms with Gasteiger partial charge in [-0.05, 0) is 19.2 Å². The third kappa shape index (κ3) is 2.89. The van der Waals surface area contributed by atoms with E-state index in [0.717, 1.165) is 12.1 Å². The first kappa shape index (κ1) is 11.9. The van der Waals surface area contributed by atoms with Gasteiger partial charge in [0.1, 0.15) is 0 Å². The molecule has 0 aliphatic carbocycles. The Labute approximate surface area is 98.7 Å². The molecule has 1 rings (SSSR count). The van der Waals surface area contributed by atoms with Gasteiger partial charge in [0, 0.05) is 17.1 Å². The van der Waals surface area contributed by atoms with Crippen LogP contribution in [0, 0.1) is 0 Å². The maximum Gasteiger partial charge on any atom is 0.0679 e. The monoisotopic (exact) mass is 249 g/mol. The van der Waals surface area contributed by atoms with Crippen LogP contribution in [0.15, 0.2) is 18.2 Å². The van der Waals surface area contributed by atoms with Crippen molar-refractivity contribution in [2.75, 3.05) is 13.6 Å². The predicted molar refractivity (Wildman–Crippen MR) is 64.4 cm³/mol. The minimum atomic E-state index is 0.492. The highest BCUT2D eigenvalue weighted by molar-refractivity contribution is 6.44. The van der Waals surface area contributed by atoms with E-state index in [9.17, 15) is 0 Å². The highest BCUT2D eigenvalue weighted by atomic mass is 35.5. The highest BCUT2D eigenvalue weighted by Gasteiger charge is 2.05. The molecule has 0 spiro atoms. The normalized spacial score (nSPS) is 11.1. The summed E-state index contributed by atoms with van der Waals surface area (Å²) in [7, 11) is 1.87. The number of likely N-dealkylation sites (N-methyl/N-ethyl adjacent to an activating group) is 1. The van der Waals surface area contributed by atoms with Crippen molar-refractivity contribution < 1.29 is 0 Å². The quantitative estimate of drug-likeness (QED) is 0.803. The summed E-state index contributed by atoms with van der Waals surface area (Å²) in [4.78, 5) is 0. The first-order valence-electron chi connectivity index (χ1n) is 4.11. The van der Waals surface area contributed by atoms with Crippen molar-refractivity contribution in [1.29, 1.82) is 0 Å². The SMILES string of the molecule is CNCC=Cc1c(Cl)ccc(Cl)c1Cl. The minimum Gasteiger partial charge on any atom is -0.316 e. The van der Waals surface area contributed by atoms with Gasteiger partial charge in [-0.3, -0.25) is 0 Å². The van der Waals surface area contributed by atoms with E-state index in [1.54, 1.807) is 12.1 Å². The minimum absolute atomic E-state index is 0.492. The number of halogens is 3. The topological polar surface area (TPSA) is 12.0 Å². The molecule has 0 amide bonds. The van der Waals surface area contributed by atoms with Gasteiger partial charge < -0.3 is 5.32 Å². The second-order valence-electron chi connectivity index (χ2n) is 2.72. The molecule has 0 unspecified atom stereocenters. The fourth-order valence-corrected chi connectivity index (χ4v) is 1.65. The van der Waals surface area contributed by atoms with Crippen molar-refractivity contribution in [2.45, 2.75) is 0 Å². The first-order chi connectivity index (χ1) is 6.66. The zero-order valence-electron chi connectivity index (χ0n) is 7.65. The lowest BCUT2D eigenvalue weighted by atomic mass is 10.2. The Bertz CT molecular complexity index is 347. The van der Waals surface area contributed by atoms with Gasteiger partial charge >= 0.3 is 0 Å². The molecule has 0 fully saturated rings. The summed E-state index contributed by atoms with van der Waals surface area (Å²) in [6, 6.07) is 3.41. The summed E-state index contributed by atoms with van der Waals surface area (Å²) in [5, 5.41) is 4.60. The standard InChI is InChI=1S/C10H10Cl3N/c1-14-6-2-3-7-8(11)4-5-9(12)10(7)13/h2-5,14H,6H2,1H3. The molecule has 0 saturated heterocycles. The molecule has 0 heterocycles. The van der Waals surface area contributed by atoms with Crippen molar-refractivity contribution >= 4 is 40.9 Å². The van der Waals surface area contributed by atoms with E-state index in [-0.39, 0.29) is 0 Å². The Balaban J connectivity index is 3.00. The van der Waals surface area contributed by atoms with Crippen LogP contribution in [0.4, 0.5) is 0 Å². The molecule has 0 bridgehead atoms. The molecule has 0 aliphatic heterocycles. The predicted octanol–water partition coefficient (Wildman–Crippen LogP) is 3.88. The smallest absolute Gasteiger partial charge is 0.0679 e. The lowest BCUT2D eigenvalue weighted by molar-refractivity contribution is 0.922. The molecular weight excluding hydrogens is 240 g/mol. The molecule has 1 aromatic rings. The zero-order valence-corrected chi connectivity index (χ0v) is 9.92. The summed E-state index contributed by atoms with van der Waals surface area (Å²) in [5.41, 5.74) is 0.760. The van der Waals surface area contributed by atoms with Gasteiger partial charge in [-0.2, -0.15) is 0 Å². The number of rotatable bonds is 3. The average Bonchev–Trinajstić information content (AvgIpc) is 2.18. The van der Waals surface area contributed by atoms with Gasteiger partial charge in [-0.25, -0.2) is 0 Å². The molecule has 0 radical (unpaired) electrons. The first-order valence-corrected chi connectivity index (χ1v) is 5.25. The summed E-state index contributed by atoms with van der Waals surface area (Å²) < 4.78 is 0. The van der Waals surface area contributed by atoms with E-state index in [1.165, 1.54) is 0 Å². The summed E-state index contributed by atoms with van der Waals surface area (Å²) >= 11 is 17.8. The Kier molecular flexibility index (Phi) is 4.76. The largest absolute Gasteiger partial charge is 0.316 e. The molecule has 0 atom stereocenters. The molecule has 0 aromatic heterocycles. The highest BCUT2D eigenvalue weighted by Crippen LogP contribution is 2.32. The van der Waals surface area contributed by atoms with E-state index < -0.39 is 0 Å². The zero-order chi connectivity index (χ0) is 10.6. The molecule has 14 heavy (non-hydrogen) atoms. The third-order valence-electron chi connectivity index (χ3n) is 1.69. The second-order valence-corrected chi connectivity index (χ2v) is 3.91. The van der Waals surface area contributed by atoms with Gasteiger partial charge in [-0.15, -0.1) is 0 Å². The van der Waals surface area contributed by atoms with Gasteiger partial charge in [-0.1, -0.05) is 47.0 Å². The van der Waals surface area contributed by atoms with E-state index >= 15 is 0 Å². The number of nitrogens with one attached hydrogen (secondary N) is 1. The summed E-state index contributed by atoms with van der Waals surface area (Å²) in [6.07, 6.45) is 3.79. The van der Waals surface area contributed by atoms with Crippen LogP contribution in [0.1, 0.15) is 5.56 Å². The maximum atomic E-state index is 5.99. The Hall–Kier alpha value is -0.210. The van der Waals surface area contributed by atoms with Crippen LogP contribution in [0.25, 0.3) is 6.08 Å². The third-order valence-corrected chi connectivity index (χ3v) is 2.83. The van der Waals surface area contributed by atoms with Gasteiger partial charge in [0.15, 0.2) is 0 Å². The van der Waals surface area contributed by atoms with Crippen molar-refractivity contribution in [3.8, 4) is 0 Å². The molecule has 76 valence electrons. The Morgan fingerprint density at radius 1 is 1.21 bits per heavy atom. The number of hydrogen-bond donors (Lipinski definition) is 1. The second kappa shape index (κ2) is 5.62. The molecule has 1 nitrogen and oxygen atoms in total.